The molecular formula is C15H25N3O2S. The molecule has 6 heteroatoms. The molecule has 2 unspecified atom stereocenters. The maximum absolute atomic E-state index is 12.3. The summed E-state index contributed by atoms with van der Waals surface area (Å²) in [5, 5.41) is 3.54. The van der Waals surface area contributed by atoms with Gasteiger partial charge in [0.2, 0.25) is 0 Å². The first-order valence-corrected chi connectivity index (χ1v) is 8.35. The minimum Gasteiger partial charge on any atom is -0.444 e. The molecule has 0 aromatic carbocycles. The van der Waals surface area contributed by atoms with Crippen LogP contribution in [0.5, 0.6) is 0 Å². The fraction of sp³-hybridized carbons (Fsp3) is 0.733. The summed E-state index contributed by atoms with van der Waals surface area (Å²) in [6.45, 7) is 9.38. The number of piperidine rings is 1. The van der Waals surface area contributed by atoms with Gasteiger partial charge in [0.05, 0.1) is 5.51 Å². The average Bonchev–Trinajstić information content (AvgIpc) is 2.88. The Morgan fingerprint density at radius 3 is 2.95 bits per heavy atom. The molecule has 1 aliphatic rings. The van der Waals surface area contributed by atoms with Gasteiger partial charge in [-0.25, -0.2) is 4.79 Å². The van der Waals surface area contributed by atoms with Gasteiger partial charge in [-0.2, -0.15) is 0 Å². The van der Waals surface area contributed by atoms with Gasteiger partial charge in [0.25, 0.3) is 0 Å². The topological polar surface area (TPSA) is 54.5 Å². The number of likely N-dealkylation sites (tertiary alicyclic amines) is 1. The van der Waals surface area contributed by atoms with Crippen molar-refractivity contribution in [3.8, 4) is 0 Å². The van der Waals surface area contributed by atoms with E-state index < -0.39 is 5.60 Å². The molecular weight excluding hydrogens is 286 g/mol. The second kappa shape index (κ2) is 6.75. The first-order valence-electron chi connectivity index (χ1n) is 7.47. The number of carbonyl (C=O) groups is 1. The van der Waals surface area contributed by atoms with Gasteiger partial charge in [-0.15, -0.1) is 11.3 Å². The maximum atomic E-state index is 12.3. The van der Waals surface area contributed by atoms with Gasteiger partial charge in [0, 0.05) is 36.2 Å². The van der Waals surface area contributed by atoms with Crippen molar-refractivity contribution in [3.05, 3.63) is 16.6 Å². The van der Waals surface area contributed by atoms with Crippen LogP contribution in [0.3, 0.4) is 0 Å². The second-order valence-corrected chi connectivity index (χ2v) is 7.48. The van der Waals surface area contributed by atoms with Gasteiger partial charge < -0.3 is 15.0 Å². The molecule has 0 aliphatic carbocycles. The van der Waals surface area contributed by atoms with Gasteiger partial charge in [-0.3, -0.25) is 4.98 Å². The summed E-state index contributed by atoms with van der Waals surface area (Å²) < 4.78 is 5.50. The fourth-order valence-corrected chi connectivity index (χ4v) is 3.10. The number of rotatable bonds is 3. The Hall–Kier alpha value is -1.14. The number of thiazole rings is 1. The molecule has 0 saturated carbocycles. The lowest BCUT2D eigenvalue weighted by Crippen LogP contribution is -2.55. The van der Waals surface area contributed by atoms with E-state index in [0.717, 1.165) is 25.9 Å². The Labute approximate surface area is 130 Å². The molecule has 1 aromatic heterocycles. The molecule has 1 aliphatic heterocycles. The first kappa shape index (κ1) is 16.2. The van der Waals surface area contributed by atoms with Crippen molar-refractivity contribution in [2.75, 3.05) is 6.54 Å². The molecule has 0 radical (unpaired) electrons. The van der Waals surface area contributed by atoms with Crippen LogP contribution in [0.4, 0.5) is 4.79 Å². The fourth-order valence-electron chi connectivity index (χ4n) is 2.56. The highest BCUT2D eigenvalue weighted by Crippen LogP contribution is 2.21. The highest BCUT2D eigenvalue weighted by Gasteiger charge is 2.33. The van der Waals surface area contributed by atoms with E-state index in [1.165, 1.54) is 4.88 Å². The molecule has 0 spiro atoms. The highest BCUT2D eigenvalue weighted by molar-refractivity contribution is 7.09. The van der Waals surface area contributed by atoms with E-state index in [0.29, 0.717) is 6.04 Å². The van der Waals surface area contributed by atoms with Gasteiger partial charge in [-0.1, -0.05) is 0 Å². The number of nitrogens with one attached hydrogen (secondary N) is 1. The van der Waals surface area contributed by atoms with Crippen LogP contribution in [0.15, 0.2) is 11.7 Å². The van der Waals surface area contributed by atoms with Crippen LogP contribution < -0.4 is 5.32 Å². The Kier molecular flexibility index (Phi) is 5.22. The van der Waals surface area contributed by atoms with Crippen molar-refractivity contribution in [2.45, 2.75) is 64.8 Å². The molecule has 1 fully saturated rings. The number of carbonyl (C=O) groups excluding carboxylic acids is 1. The Bertz CT molecular complexity index is 456. The predicted octanol–water partition coefficient (Wildman–Crippen LogP) is 3.02. The summed E-state index contributed by atoms with van der Waals surface area (Å²) in [5.41, 5.74) is 1.40. The first-order chi connectivity index (χ1) is 9.87. The molecule has 1 aromatic rings. The molecule has 1 amide bonds. The van der Waals surface area contributed by atoms with Gasteiger partial charge in [-0.05, 0) is 40.5 Å². The Morgan fingerprint density at radius 1 is 1.57 bits per heavy atom. The van der Waals surface area contributed by atoms with Crippen LogP contribution in [0, 0.1) is 0 Å². The average molecular weight is 311 g/mol. The third kappa shape index (κ3) is 4.68. The van der Waals surface area contributed by atoms with Crippen LogP contribution in [0.1, 0.15) is 45.4 Å². The van der Waals surface area contributed by atoms with Crippen LogP contribution >= 0.6 is 11.3 Å². The number of amides is 1. The smallest absolute Gasteiger partial charge is 0.410 e. The molecule has 2 rings (SSSR count). The molecule has 1 saturated heterocycles. The zero-order valence-corrected chi connectivity index (χ0v) is 14.1. The number of hydrogen-bond acceptors (Lipinski definition) is 5. The highest BCUT2D eigenvalue weighted by atomic mass is 32.1. The van der Waals surface area contributed by atoms with E-state index in [2.05, 4.69) is 17.2 Å². The van der Waals surface area contributed by atoms with E-state index in [9.17, 15) is 4.79 Å². The molecule has 5 nitrogen and oxygen atoms in total. The van der Waals surface area contributed by atoms with Crippen molar-refractivity contribution in [3.63, 3.8) is 0 Å². The summed E-state index contributed by atoms with van der Waals surface area (Å²) in [4.78, 5) is 19.4. The standard InChI is InChI=1S/C15H25N3O2S/c1-11-13(17-9-12-8-16-10-21-12)6-5-7-18(11)14(19)20-15(2,3)4/h8,10-11,13,17H,5-7,9H2,1-4H3. The monoisotopic (exact) mass is 311 g/mol. The van der Waals surface area contributed by atoms with E-state index in [1.807, 2.05) is 37.4 Å². The number of hydrogen-bond donors (Lipinski definition) is 1. The summed E-state index contributed by atoms with van der Waals surface area (Å²) in [6.07, 6.45) is 3.76. The molecule has 2 atom stereocenters. The second-order valence-electron chi connectivity index (χ2n) is 6.51. The normalized spacial score (nSPS) is 23.1. The zero-order valence-electron chi connectivity index (χ0n) is 13.3. The third-order valence-electron chi connectivity index (χ3n) is 3.64. The molecule has 1 N–H and O–H groups in total. The predicted molar refractivity (Wildman–Crippen MR) is 84.4 cm³/mol. The molecule has 0 bridgehead atoms. The van der Waals surface area contributed by atoms with Crippen LogP contribution in [0.25, 0.3) is 0 Å². The summed E-state index contributed by atoms with van der Waals surface area (Å²) in [7, 11) is 0. The lowest BCUT2D eigenvalue weighted by atomic mass is 9.98. The van der Waals surface area contributed by atoms with Crippen LogP contribution in [-0.2, 0) is 11.3 Å². The van der Waals surface area contributed by atoms with Crippen molar-refractivity contribution >= 4 is 17.4 Å². The zero-order chi connectivity index (χ0) is 15.5. The van der Waals surface area contributed by atoms with E-state index in [-0.39, 0.29) is 12.1 Å². The van der Waals surface area contributed by atoms with E-state index in [4.69, 9.17) is 4.74 Å². The van der Waals surface area contributed by atoms with Crippen molar-refractivity contribution in [2.24, 2.45) is 0 Å². The minimum absolute atomic E-state index is 0.140. The van der Waals surface area contributed by atoms with E-state index in [1.54, 1.807) is 11.3 Å². The lowest BCUT2D eigenvalue weighted by Gasteiger charge is -2.40. The van der Waals surface area contributed by atoms with Crippen LogP contribution in [-0.4, -0.2) is 40.2 Å². The molecule has 2 heterocycles. The lowest BCUT2D eigenvalue weighted by molar-refractivity contribution is 0.00700. The van der Waals surface area contributed by atoms with Gasteiger partial charge in [0.15, 0.2) is 0 Å². The number of ether oxygens (including phenoxy) is 1. The SMILES string of the molecule is CC1C(NCc2cncs2)CCCN1C(=O)OC(C)(C)C. The summed E-state index contributed by atoms with van der Waals surface area (Å²) in [6, 6.07) is 0.440. The Morgan fingerprint density at radius 2 is 2.33 bits per heavy atom. The van der Waals surface area contributed by atoms with Gasteiger partial charge >= 0.3 is 6.09 Å². The van der Waals surface area contributed by atoms with Gasteiger partial charge in [0.1, 0.15) is 5.60 Å². The van der Waals surface area contributed by atoms with E-state index >= 15 is 0 Å². The van der Waals surface area contributed by atoms with Crippen LogP contribution in [0.2, 0.25) is 0 Å². The molecule has 118 valence electrons. The summed E-state index contributed by atoms with van der Waals surface area (Å²) in [5.74, 6) is 0. The largest absolute Gasteiger partial charge is 0.444 e. The van der Waals surface area contributed by atoms with Crippen molar-refractivity contribution < 1.29 is 9.53 Å². The molecule has 21 heavy (non-hydrogen) atoms. The Balaban J connectivity index is 1.91. The summed E-state index contributed by atoms with van der Waals surface area (Å²) >= 11 is 1.65. The van der Waals surface area contributed by atoms with Crippen molar-refractivity contribution in [1.82, 2.24) is 15.2 Å². The number of nitrogens with zero attached hydrogens (tertiary/aromatic N) is 2. The minimum atomic E-state index is -0.445. The maximum Gasteiger partial charge on any atom is 0.410 e. The van der Waals surface area contributed by atoms with Crippen molar-refractivity contribution in [1.29, 1.82) is 0 Å². The third-order valence-corrected chi connectivity index (χ3v) is 4.42. The quantitative estimate of drug-likeness (QED) is 0.932. The number of aromatic nitrogens is 1.